The van der Waals surface area contributed by atoms with Gasteiger partial charge in [-0.05, 0) is 24.3 Å². The summed E-state index contributed by atoms with van der Waals surface area (Å²) in [6.07, 6.45) is 5.57. The summed E-state index contributed by atoms with van der Waals surface area (Å²) in [7, 11) is 0. The molecule has 1 aromatic heterocycles. The van der Waals surface area contributed by atoms with Crippen molar-refractivity contribution in [3.05, 3.63) is 48.8 Å². The molecule has 9 nitrogen and oxygen atoms in total. The number of amides is 2. The van der Waals surface area contributed by atoms with Crippen molar-refractivity contribution in [2.75, 3.05) is 52.6 Å². The fourth-order valence-corrected chi connectivity index (χ4v) is 4.05. The number of benzene rings is 1. The van der Waals surface area contributed by atoms with Crippen LogP contribution in [0.25, 0.3) is 0 Å². The van der Waals surface area contributed by atoms with Crippen molar-refractivity contribution in [1.82, 2.24) is 19.4 Å². The summed E-state index contributed by atoms with van der Waals surface area (Å²) in [5.41, 5.74) is -0.993. The average Bonchev–Trinajstić information content (AvgIpc) is 3.37. The molecule has 3 heterocycles. The van der Waals surface area contributed by atoms with Crippen LogP contribution in [0.2, 0.25) is 0 Å². The van der Waals surface area contributed by atoms with Gasteiger partial charge >= 0.3 is 0 Å². The maximum Gasteiger partial charge on any atom is 0.225 e. The fourth-order valence-electron chi connectivity index (χ4n) is 4.05. The minimum absolute atomic E-state index is 0.0167. The van der Waals surface area contributed by atoms with Crippen LogP contribution in [0.3, 0.4) is 0 Å². The highest BCUT2D eigenvalue weighted by Crippen LogP contribution is 2.26. The van der Waals surface area contributed by atoms with Gasteiger partial charge in [0.05, 0.1) is 39.1 Å². The van der Waals surface area contributed by atoms with E-state index >= 15 is 0 Å². The smallest absolute Gasteiger partial charge is 0.225 e. The third-order valence-corrected chi connectivity index (χ3v) is 5.90. The highest BCUT2D eigenvalue weighted by atomic mass is 19.1. The molecule has 2 saturated heterocycles. The number of carbonyl (C=O) groups is 2. The first-order valence-corrected chi connectivity index (χ1v) is 11.1. The molecule has 0 bridgehead atoms. The average molecular weight is 461 g/mol. The normalized spacial score (nSPS) is 21.1. The van der Waals surface area contributed by atoms with Gasteiger partial charge in [0.25, 0.3) is 0 Å². The lowest BCUT2D eigenvalue weighted by Gasteiger charge is -2.43. The number of hydrogen-bond donors (Lipinski definition) is 0. The predicted octanol–water partition coefficient (Wildman–Crippen LogP) is 1.34. The molecule has 0 spiro atoms. The first-order chi connectivity index (χ1) is 16.0. The van der Waals surface area contributed by atoms with E-state index in [0.29, 0.717) is 58.2 Å². The van der Waals surface area contributed by atoms with E-state index in [-0.39, 0.29) is 37.2 Å². The summed E-state index contributed by atoms with van der Waals surface area (Å²) >= 11 is 0. The zero-order chi connectivity index (χ0) is 23.1. The third kappa shape index (κ3) is 6.29. The molecule has 0 radical (unpaired) electrons. The lowest BCUT2D eigenvalue weighted by molar-refractivity contribution is -0.167. The molecule has 0 aliphatic carbocycles. The summed E-state index contributed by atoms with van der Waals surface area (Å²) in [4.78, 5) is 33.5. The van der Waals surface area contributed by atoms with E-state index < -0.39 is 5.60 Å². The number of halogens is 1. The molecule has 4 rings (SSSR count). The number of aromatic nitrogens is 2. The molecular weight excluding hydrogens is 431 g/mol. The minimum atomic E-state index is -0.993. The number of carbonyl (C=O) groups excluding carboxylic acids is 2. The second kappa shape index (κ2) is 10.8. The molecule has 2 aliphatic rings. The van der Waals surface area contributed by atoms with Crippen molar-refractivity contribution in [3.63, 3.8) is 0 Å². The highest BCUT2D eigenvalue weighted by molar-refractivity contribution is 5.79. The number of ether oxygens (including phenoxy) is 3. The van der Waals surface area contributed by atoms with Gasteiger partial charge in [0.1, 0.15) is 23.8 Å². The molecule has 33 heavy (non-hydrogen) atoms. The zero-order valence-electron chi connectivity index (χ0n) is 18.5. The Balaban J connectivity index is 1.44. The summed E-state index contributed by atoms with van der Waals surface area (Å²) < 4.78 is 32.5. The van der Waals surface area contributed by atoms with Gasteiger partial charge in [-0.15, -0.1) is 0 Å². The number of morpholine rings is 2. The number of nitrogens with zero attached hydrogens (tertiary/aromatic N) is 4. The van der Waals surface area contributed by atoms with E-state index in [4.69, 9.17) is 14.2 Å². The van der Waals surface area contributed by atoms with Crippen LogP contribution in [0.15, 0.2) is 43.0 Å². The Bertz CT molecular complexity index is 917. The van der Waals surface area contributed by atoms with E-state index in [1.165, 1.54) is 24.3 Å². The van der Waals surface area contributed by atoms with Crippen molar-refractivity contribution < 1.29 is 28.2 Å². The Kier molecular flexibility index (Phi) is 7.56. The van der Waals surface area contributed by atoms with Crippen molar-refractivity contribution >= 4 is 11.8 Å². The van der Waals surface area contributed by atoms with Crippen molar-refractivity contribution in [2.24, 2.45) is 0 Å². The van der Waals surface area contributed by atoms with Crippen LogP contribution in [0.4, 0.5) is 4.39 Å². The molecule has 0 unspecified atom stereocenters. The van der Waals surface area contributed by atoms with Gasteiger partial charge in [-0.2, -0.15) is 0 Å². The first kappa shape index (κ1) is 23.2. The second-order valence-corrected chi connectivity index (χ2v) is 8.31. The van der Waals surface area contributed by atoms with Gasteiger partial charge in [-0.1, -0.05) is 0 Å². The number of aryl methyl sites for hydroxylation is 1. The van der Waals surface area contributed by atoms with E-state index in [2.05, 4.69) is 4.98 Å². The molecule has 2 amide bonds. The predicted molar refractivity (Wildman–Crippen MR) is 116 cm³/mol. The van der Waals surface area contributed by atoms with Crippen molar-refractivity contribution in [1.29, 1.82) is 0 Å². The minimum Gasteiger partial charge on any atom is -0.490 e. The first-order valence-electron chi connectivity index (χ1n) is 11.1. The van der Waals surface area contributed by atoms with Gasteiger partial charge in [0.15, 0.2) is 0 Å². The summed E-state index contributed by atoms with van der Waals surface area (Å²) in [5.74, 6) is 0.0376. The molecule has 178 valence electrons. The second-order valence-electron chi connectivity index (χ2n) is 8.31. The van der Waals surface area contributed by atoms with Crippen LogP contribution in [0, 0.1) is 5.82 Å². The fraction of sp³-hybridized carbons (Fsp3) is 0.522. The van der Waals surface area contributed by atoms with Gasteiger partial charge < -0.3 is 28.6 Å². The molecule has 10 heteroatoms. The standard InChI is InChI=1S/C23H29FN4O5/c24-19-1-3-20(4-2-19)32-17-23(15-22(30)27-9-12-31-13-10-27)16-28(11-14-33-23)21(29)5-7-26-8-6-25-18-26/h1-4,6,8,18H,5,7,9-17H2/t23-/m1/s1. The van der Waals surface area contributed by atoms with Crippen LogP contribution >= 0.6 is 0 Å². The Morgan fingerprint density at radius 3 is 2.55 bits per heavy atom. The Hall–Kier alpha value is -2.98. The molecule has 0 saturated carbocycles. The number of imidazole rings is 1. The quantitative estimate of drug-likeness (QED) is 0.591. The van der Waals surface area contributed by atoms with Crippen LogP contribution in [0.1, 0.15) is 12.8 Å². The molecule has 0 N–H and O–H groups in total. The largest absolute Gasteiger partial charge is 0.490 e. The molecular formula is C23H29FN4O5. The van der Waals surface area contributed by atoms with Crippen molar-refractivity contribution in [2.45, 2.75) is 25.0 Å². The summed E-state index contributed by atoms with van der Waals surface area (Å²) in [5, 5.41) is 0. The van der Waals surface area contributed by atoms with Crippen LogP contribution in [-0.2, 0) is 25.6 Å². The maximum absolute atomic E-state index is 13.3. The van der Waals surface area contributed by atoms with Crippen molar-refractivity contribution in [3.8, 4) is 5.75 Å². The van der Waals surface area contributed by atoms with Gasteiger partial charge in [0.2, 0.25) is 11.8 Å². The van der Waals surface area contributed by atoms with Crippen LogP contribution < -0.4 is 4.74 Å². The van der Waals surface area contributed by atoms with Crippen LogP contribution in [0.5, 0.6) is 5.75 Å². The lowest BCUT2D eigenvalue weighted by atomic mass is 9.96. The molecule has 1 atom stereocenters. The molecule has 2 fully saturated rings. The van der Waals surface area contributed by atoms with E-state index in [1.54, 1.807) is 22.3 Å². The highest BCUT2D eigenvalue weighted by Gasteiger charge is 2.42. The zero-order valence-corrected chi connectivity index (χ0v) is 18.5. The van der Waals surface area contributed by atoms with Gasteiger partial charge in [-0.3, -0.25) is 9.59 Å². The molecule has 2 aromatic rings. The number of hydrogen-bond acceptors (Lipinski definition) is 6. The Labute approximate surface area is 192 Å². The Morgan fingerprint density at radius 2 is 1.82 bits per heavy atom. The summed E-state index contributed by atoms with van der Waals surface area (Å²) in [6, 6.07) is 5.69. The Morgan fingerprint density at radius 1 is 1.06 bits per heavy atom. The lowest BCUT2D eigenvalue weighted by Crippen LogP contribution is -2.58. The SMILES string of the molecule is O=C(C[C@]1(COc2ccc(F)cc2)CN(C(=O)CCn2ccnc2)CCO1)N1CCOCC1. The van der Waals surface area contributed by atoms with Gasteiger partial charge in [0, 0.05) is 45.0 Å². The van der Waals surface area contributed by atoms with E-state index in [9.17, 15) is 14.0 Å². The molecule has 1 aromatic carbocycles. The summed E-state index contributed by atoms with van der Waals surface area (Å²) in [6.45, 7) is 3.67. The number of rotatable bonds is 8. The van der Waals surface area contributed by atoms with E-state index in [1.807, 2.05) is 10.8 Å². The van der Waals surface area contributed by atoms with Gasteiger partial charge in [-0.25, -0.2) is 9.37 Å². The maximum atomic E-state index is 13.3. The topological polar surface area (TPSA) is 86.1 Å². The monoisotopic (exact) mass is 460 g/mol. The third-order valence-electron chi connectivity index (χ3n) is 5.90. The van der Waals surface area contributed by atoms with Crippen LogP contribution in [-0.4, -0.2) is 89.4 Å². The van der Waals surface area contributed by atoms with E-state index in [0.717, 1.165) is 0 Å². The molecule has 2 aliphatic heterocycles.